The Bertz CT molecular complexity index is 487. The van der Waals surface area contributed by atoms with Gasteiger partial charge in [0.15, 0.2) is 6.04 Å². The largest absolute Gasteiger partial charge is 0.479 e. The molecule has 0 aliphatic carbocycles. The number of hydrogen-bond donors (Lipinski definition) is 1. The van der Waals surface area contributed by atoms with Crippen LogP contribution in [-0.2, 0) is 16.1 Å². The van der Waals surface area contributed by atoms with Crippen LogP contribution in [0.4, 0.5) is 0 Å². The molecule has 1 aromatic carbocycles. The molecule has 0 aromatic heterocycles. The minimum atomic E-state index is -0.976. The summed E-state index contributed by atoms with van der Waals surface area (Å²) in [7, 11) is 0. The summed E-state index contributed by atoms with van der Waals surface area (Å²) in [6.07, 6.45) is 1.97. The number of fused-ring (bicyclic) bond motifs is 1. The van der Waals surface area contributed by atoms with Gasteiger partial charge in [-0.15, -0.1) is 11.8 Å². The maximum atomic E-state index is 11.4. The van der Waals surface area contributed by atoms with Crippen LogP contribution in [0.5, 0.6) is 0 Å². The van der Waals surface area contributed by atoms with Crippen molar-refractivity contribution in [3.63, 3.8) is 0 Å². The molecule has 1 amide bonds. The first-order valence-electron chi connectivity index (χ1n) is 5.21. The maximum Gasteiger partial charge on any atom is 0.331 e. The van der Waals surface area contributed by atoms with Crippen molar-refractivity contribution in [2.24, 2.45) is 0 Å². The number of carboxylic acid groups (broad SMARTS) is 1. The number of aliphatic carboxylic acids is 1. The molecular formula is C12H13NO3S. The summed E-state index contributed by atoms with van der Waals surface area (Å²) >= 11 is 1.60. The van der Waals surface area contributed by atoms with Gasteiger partial charge >= 0.3 is 5.97 Å². The Morgan fingerprint density at radius 1 is 1.47 bits per heavy atom. The average Bonchev–Trinajstić information content (AvgIpc) is 2.66. The van der Waals surface area contributed by atoms with Crippen molar-refractivity contribution < 1.29 is 14.7 Å². The molecule has 4 nitrogen and oxygen atoms in total. The highest BCUT2D eigenvalue weighted by atomic mass is 32.2. The Labute approximate surface area is 104 Å². The van der Waals surface area contributed by atoms with Gasteiger partial charge in [-0.25, -0.2) is 4.79 Å². The van der Waals surface area contributed by atoms with Crippen LogP contribution in [0.15, 0.2) is 23.1 Å². The Morgan fingerprint density at radius 2 is 2.18 bits per heavy atom. The zero-order valence-electron chi connectivity index (χ0n) is 9.64. The van der Waals surface area contributed by atoms with Crippen LogP contribution < -0.4 is 0 Å². The molecule has 2 rings (SSSR count). The predicted octanol–water partition coefficient (Wildman–Crippen LogP) is 1.90. The highest BCUT2D eigenvalue weighted by molar-refractivity contribution is 7.98. The third kappa shape index (κ3) is 2.02. The van der Waals surface area contributed by atoms with E-state index in [2.05, 4.69) is 0 Å². The van der Waals surface area contributed by atoms with E-state index in [9.17, 15) is 14.7 Å². The Morgan fingerprint density at radius 3 is 2.71 bits per heavy atom. The van der Waals surface area contributed by atoms with Gasteiger partial charge in [-0.05, 0) is 29.5 Å². The Kier molecular flexibility index (Phi) is 3.11. The molecule has 1 atom stereocenters. The second kappa shape index (κ2) is 4.41. The predicted molar refractivity (Wildman–Crippen MR) is 64.8 cm³/mol. The third-order valence-corrected chi connectivity index (χ3v) is 3.66. The molecule has 1 aromatic rings. The number of carbonyl (C=O) groups excluding carboxylic acids is 1. The van der Waals surface area contributed by atoms with Crippen molar-refractivity contribution in [3.05, 3.63) is 29.3 Å². The summed E-state index contributed by atoms with van der Waals surface area (Å²) < 4.78 is 0. The van der Waals surface area contributed by atoms with E-state index in [1.165, 1.54) is 11.8 Å². The molecule has 0 saturated heterocycles. The summed E-state index contributed by atoms with van der Waals surface area (Å²) in [5.74, 6) is -1.19. The molecule has 5 heteroatoms. The van der Waals surface area contributed by atoms with Gasteiger partial charge in [0.1, 0.15) is 0 Å². The van der Waals surface area contributed by atoms with Gasteiger partial charge < -0.3 is 10.0 Å². The standard InChI is InChI=1S/C12H13NO3S/c1-7(14)13-6-8-5-9(17-2)3-4-10(8)11(13)12(15)16/h3-5,11H,6H2,1-2H3,(H,15,16). The van der Waals surface area contributed by atoms with E-state index in [1.54, 1.807) is 11.8 Å². The van der Waals surface area contributed by atoms with Gasteiger partial charge in [0.25, 0.3) is 0 Å². The smallest absolute Gasteiger partial charge is 0.331 e. The minimum Gasteiger partial charge on any atom is -0.479 e. The molecule has 1 aliphatic rings. The van der Waals surface area contributed by atoms with Crippen molar-refractivity contribution in [3.8, 4) is 0 Å². The number of rotatable bonds is 2. The zero-order valence-corrected chi connectivity index (χ0v) is 10.5. The monoisotopic (exact) mass is 251 g/mol. The number of carboxylic acids is 1. The first-order valence-corrected chi connectivity index (χ1v) is 6.44. The number of thioether (sulfide) groups is 1. The van der Waals surface area contributed by atoms with E-state index in [0.29, 0.717) is 6.54 Å². The van der Waals surface area contributed by atoms with Crippen molar-refractivity contribution >= 4 is 23.6 Å². The summed E-state index contributed by atoms with van der Waals surface area (Å²) in [6.45, 7) is 1.79. The van der Waals surface area contributed by atoms with Crippen LogP contribution in [0.2, 0.25) is 0 Å². The highest BCUT2D eigenvalue weighted by Gasteiger charge is 2.37. The Balaban J connectivity index is 2.46. The average molecular weight is 251 g/mol. The van der Waals surface area contributed by atoms with Gasteiger partial charge in [0.2, 0.25) is 5.91 Å². The second-order valence-electron chi connectivity index (χ2n) is 3.95. The number of carbonyl (C=O) groups is 2. The first-order chi connectivity index (χ1) is 8.04. The lowest BCUT2D eigenvalue weighted by atomic mass is 10.1. The third-order valence-electron chi connectivity index (χ3n) is 2.94. The van der Waals surface area contributed by atoms with Gasteiger partial charge in [0, 0.05) is 18.4 Å². The zero-order chi connectivity index (χ0) is 12.6. The van der Waals surface area contributed by atoms with Crippen molar-refractivity contribution in [1.82, 2.24) is 4.90 Å². The van der Waals surface area contributed by atoms with Crippen LogP contribution >= 0.6 is 11.8 Å². The van der Waals surface area contributed by atoms with E-state index >= 15 is 0 Å². The number of amides is 1. The summed E-state index contributed by atoms with van der Waals surface area (Å²) in [6, 6.07) is 4.82. The van der Waals surface area contributed by atoms with E-state index in [-0.39, 0.29) is 5.91 Å². The highest BCUT2D eigenvalue weighted by Crippen LogP contribution is 2.35. The molecule has 0 saturated carbocycles. The van der Waals surface area contributed by atoms with Crippen molar-refractivity contribution in [2.45, 2.75) is 24.4 Å². The maximum absolute atomic E-state index is 11.4. The van der Waals surface area contributed by atoms with E-state index in [4.69, 9.17) is 0 Å². The lowest BCUT2D eigenvalue weighted by Gasteiger charge is -2.19. The van der Waals surface area contributed by atoms with Crippen molar-refractivity contribution in [2.75, 3.05) is 6.26 Å². The molecule has 1 heterocycles. The summed E-state index contributed by atoms with van der Waals surface area (Å²) in [5, 5.41) is 9.21. The number of nitrogens with zero attached hydrogens (tertiary/aromatic N) is 1. The van der Waals surface area contributed by atoms with E-state index in [1.807, 2.05) is 24.5 Å². The second-order valence-corrected chi connectivity index (χ2v) is 4.83. The molecule has 0 radical (unpaired) electrons. The fourth-order valence-electron chi connectivity index (χ4n) is 2.11. The van der Waals surface area contributed by atoms with E-state index < -0.39 is 12.0 Å². The topological polar surface area (TPSA) is 57.6 Å². The van der Waals surface area contributed by atoms with Crippen LogP contribution in [0.25, 0.3) is 0 Å². The minimum absolute atomic E-state index is 0.209. The molecule has 0 fully saturated rings. The van der Waals surface area contributed by atoms with Gasteiger partial charge in [-0.3, -0.25) is 4.79 Å². The molecule has 0 bridgehead atoms. The molecule has 1 unspecified atom stereocenters. The molecule has 90 valence electrons. The lowest BCUT2D eigenvalue weighted by molar-refractivity contribution is -0.149. The number of hydrogen-bond acceptors (Lipinski definition) is 3. The fraction of sp³-hybridized carbons (Fsp3) is 0.333. The molecular weight excluding hydrogens is 238 g/mol. The Hall–Kier alpha value is -1.49. The van der Waals surface area contributed by atoms with Gasteiger partial charge in [0.05, 0.1) is 0 Å². The van der Waals surface area contributed by atoms with Crippen LogP contribution in [0.1, 0.15) is 24.1 Å². The van der Waals surface area contributed by atoms with Gasteiger partial charge in [-0.1, -0.05) is 6.07 Å². The van der Waals surface area contributed by atoms with E-state index in [0.717, 1.165) is 16.0 Å². The molecule has 17 heavy (non-hydrogen) atoms. The van der Waals surface area contributed by atoms with Crippen LogP contribution in [-0.4, -0.2) is 28.1 Å². The van der Waals surface area contributed by atoms with Crippen LogP contribution in [0.3, 0.4) is 0 Å². The summed E-state index contributed by atoms with van der Waals surface area (Å²) in [4.78, 5) is 25.1. The quantitative estimate of drug-likeness (QED) is 0.816. The normalized spacial score (nSPS) is 18.0. The number of benzene rings is 1. The molecule has 1 N–H and O–H groups in total. The molecule has 0 spiro atoms. The molecule has 1 aliphatic heterocycles. The van der Waals surface area contributed by atoms with Crippen molar-refractivity contribution in [1.29, 1.82) is 0 Å². The first kappa shape index (κ1) is 12.0. The fourth-order valence-corrected chi connectivity index (χ4v) is 2.58. The summed E-state index contributed by atoms with van der Waals surface area (Å²) in [5.41, 5.74) is 1.66. The lowest BCUT2D eigenvalue weighted by Crippen LogP contribution is -2.31. The van der Waals surface area contributed by atoms with Gasteiger partial charge in [-0.2, -0.15) is 0 Å². The SMILES string of the molecule is CSc1ccc2c(c1)CN(C(C)=O)C2C(=O)O. The van der Waals surface area contributed by atoms with Crippen LogP contribution in [0, 0.1) is 0 Å².